The van der Waals surface area contributed by atoms with Crippen LogP contribution in [0.15, 0.2) is 0 Å². The molecule has 0 radical (unpaired) electrons. The van der Waals surface area contributed by atoms with Gasteiger partial charge in [-0.25, -0.2) is 0 Å². The average Bonchev–Trinajstić information content (AvgIpc) is 2.64. The molecule has 154 valence electrons. The molecule has 0 bridgehead atoms. The summed E-state index contributed by atoms with van der Waals surface area (Å²) in [6.07, 6.45) is 23.2. The normalized spacial score (nSPS) is 10.8. The van der Waals surface area contributed by atoms with E-state index in [2.05, 4.69) is 11.7 Å². The molecule has 0 saturated carbocycles. The molecule has 0 heterocycles. The highest BCUT2D eigenvalue weighted by Crippen LogP contribution is 2.14. The molecule has 0 saturated heterocycles. The zero-order valence-electron chi connectivity index (χ0n) is 17.7. The van der Waals surface area contributed by atoms with Crippen molar-refractivity contribution in [2.75, 3.05) is 0 Å². The Balaban J connectivity index is 3.11. The van der Waals surface area contributed by atoms with Crippen LogP contribution in [-0.4, -0.2) is 11.9 Å². The fourth-order valence-corrected chi connectivity index (χ4v) is 3.24. The Bertz CT molecular complexity index is 325. The third-order valence-corrected chi connectivity index (χ3v) is 5.00. The summed E-state index contributed by atoms with van der Waals surface area (Å²) in [6.45, 7) is 3.97. The molecule has 0 N–H and O–H groups in total. The Kier molecular flexibility index (Phi) is 19.8. The van der Waals surface area contributed by atoms with Crippen LogP contribution >= 0.6 is 0 Å². The lowest BCUT2D eigenvalue weighted by Crippen LogP contribution is -2.10. The fraction of sp³-hybridized carbons (Fsp3) is 0.913. The Morgan fingerprint density at radius 2 is 0.846 bits per heavy atom. The first-order chi connectivity index (χ1) is 12.7. The van der Waals surface area contributed by atoms with Gasteiger partial charge in [-0.2, -0.15) is 0 Å². The second kappa shape index (κ2) is 20.5. The molecule has 0 aromatic rings. The Hall–Kier alpha value is -0.860. The number of hydrogen-bond donors (Lipinski definition) is 0. The smallest absolute Gasteiger partial charge is 0.313 e. The zero-order valence-corrected chi connectivity index (χ0v) is 17.7. The van der Waals surface area contributed by atoms with Crippen molar-refractivity contribution in [3.8, 4) is 0 Å². The van der Waals surface area contributed by atoms with Crippen LogP contribution < -0.4 is 0 Å². The average molecular weight is 369 g/mol. The van der Waals surface area contributed by atoms with Gasteiger partial charge >= 0.3 is 11.9 Å². The SMILES string of the molecule is CCCCCCCCCCCCCCCCCCCC(=O)OC(=O)CC. The first kappa shape index (κ1) is 25.1. The van der Waals surface area contributed by atoms with Gasteiger partial charge in [-0.15, -0.1) is 0 Å². The number of ether oxygens (including phenoxy) is 1. The van der Waals surface area contributed by atoms with Crippen molar-refractivity contribution < 1.29 is 14.3 Å². The molecule has 3 heteroatoms. The minimum atomic E-state index is -0.415. The van der Waals surface area contributed by atoms with Gasteiger partial charge in [0.1, 0.15) is 0 Å². The lowest BCUT2D eigenvalue weighted by molar-refractivity contribution is -0.159. The lowest BCUT2D eigenvalue weighted by Gasteiger charge is -2.04. The van der Waals surface area contributed by atoms with Gasteiger partial charge in [0.05, 0.1) is 0 Å². The van der Waals surface area contributed by atoms with E-state index >= 15 is 0 Å². The van der Waals surface area contributed by atoms with E-state index in [9.17, 15) is 9.59 Å². The number of carbonyl (C=O) groups excluding carboxylic acids is 2. The highest BCUT2D eigenvalue weighted by atomic mass is 16.6. The maximum Gasteiger partial charge on any atom is 0.313 e. The first-order valence-electron chi connectivity index (χ1n) is 11.4. The minimum Gasteiger partial charge on any atom is -0.393 e. The summed E-state index contributed by atoms with van der Waals surface area (Å²) in [6, 6.07) is 0. The quantitative estimate of drug-likeness (QED) is 0.135. The molecule has 0 aliphatic rings. The van der Waals surface area contributed by atoms with Crippen LogP contribution in [0.5, 0.6) is 0 Å². The topological polar surface area (TPSA) is 43.4 Å². The Morgan fingerprint density at radius 1 is 0.500 bits per heavy atom. The number of carbonyl (C=O) groups is 2. The molecule has 0 aromatic carbocycles. The van der Waals surface area contributed by atoms with Crippen molar-refractivity contribution in [1.29, 1.82) is 0 Å². The van der Waals surface area contributed by atoms with E-state index in [-0.39, 0.29) is 12.4 Å². The van der Waals surface area contributed by atoms with Crippen molar-refractivity contribution in [2.24, 2.45) is 0 Å². The first-order valence-corrected chi connectivity index (χ1v) is 11.4. The molecule has 0 aromatic heterocycles. The molecule has 0 atom stereocenters. The summed E-state index contributed by atoms with van der Waals surface area (Å²) >= 11 is 0. The Labute approximate surface area is 162 Å². The molecule has 0 fully saturated rings. The summed E-state index contributed by atoms with van der Waals surface area (Å²) in [7, 11) is 0. The molecule has 0 spiro atoms. The van der Waals surface area contributed by atoms with Crippen LogP contribution in [0.25, 0.3) is 0 Å². The van der Waals surface area contributed by atoms with Crippen molar-refractivity contribution in [2.45, 2.75) is 136 Å². The maximum atomic E-state index is 11.3. The van der Waals surface area contributed by atoms with Gasteiger partial charge in [-0.1, -0.05) is 117 Å². The van der Waals surface area contributed by atoms with Crippen LogP contribution in [0, 0.1) is 0 Å². The molecule has 0 unspecified atom stereocenters. The third kappa shape index (κ3) is 19.5. The van der Waals surface area contributed by atoms with E-state index in [1.165, 1.54) is 96.3 Å². The second-order valence-corrected chi connectivity index (χ2v) is 7.61. The van der Waals surface area contributed by atoms with Crippen molar-refractivity contribution in [3.05, 3.63) is 0 Å². The molecular formula is C23H44O3. The van der Waals surface area contributed by atoms with Crippen LogP contribution in [0.2, 0.25) is 0 Å². The molecule has 0 aliphatic carbocycles. The van der Waals surface area contributed by atoms with Gasteiger partial charge in [-0.3, -0.25) is 9.59 Å². The molecular weight excluding hydrogens is 324 g/mol. The highest BCUT2D eigenvalue weighted by molar-refractivity contribution is 5.85. The summed E-state index contributed by atoms with van der Waals surface area (Å²) in [5.41, 5.74) is 0. The minimum absolute atomic E-state index is 0.269. The molecule has 0 amide bonds. The summed E-state index contributed by atoms with van der Waals surface area (Å²) in [5, 5.41) is 0. The largest absolute Gasteiger partial charge is 0.393 e. The molecule has 3 nitrogen and oxygen atoms in total. The molecule has 26 heavy (non-hydrogen) atoms. The van der Waals surface area contributed by atoms with Gasteiger partial charge in [-0.05, 0) is 6.42 Å². The van der Waals surface area contributed by atoms with E-state index in [0.29, 0.717) is 6.42 Å². The standard InChI is InChI=1S/C23H44O3/c1-3-5-6-7-8-9-10-11-12-13-14-15-16-17-18-19-20-21-23(25)26-22(24)4-2/h3-21H2,1-2H3. The predicted molar refractivity (Wildman–Crippen MR) is 110 cm³/mol. The molecule has 0 rings (SSSR count). The van der Waals surface area contributed by atoms with Crippen molar-refractivity contribution >= 4 is 11.9 Å². The van der Waals surface area contributed by atoms with E-state index < -0.39 is 5.97 Å². The number of hydrogen-bond acceptors (Lipinski definition) is 3. The van der Waals surface area contributed by atoms with Crippen LogP contribution in [0.1, 0.15) is 136 Å². The third-order valence-electron chi connectivity index (χ3n) is 5.00. The second-order valence-electron chi connectivity index (χ2n) is 7.61. The van der Waals surface area contributed by atoms with E-state index in [4.69, 9.17) is 0 Å². The highest BCUT2D eigenvalue weighted by Gasteiger charge is 2.07. The van der Waals surface area contributed by atoms with Crippen LogP contribution in [0.4, 0.5) is 0 Å². The summed E-state index contributed by atoms with van der Waals surface area (Å²) in [5.74, 6) is -0.778. The fourth-order valence-electron chi connectivity index (χ4n) is 3.24. The van der Waals surface area contributed by atoms with E-state index in [1.807, 2.05) is 0 Å². The van der Waals surface area contributed by atoms with Crippen LogP contribution in [-0.2, 0) is 14.3 Å². The van der Waals surface area contributed by atoms with E-state index in [0.717, 1.165) is 12.8 Å². The number of rotatable bonds is 19. The lowest BCUT2D eigenvalue weighted by atomic mass is 10.0. The van der Waals surface area contributed by atoms with Gasteiger partial charge in [0.15, 0.2) is 0 Å². The van der Waals surface area contributed by atoms with Gasteiger partial charge < -0.3 is 4.74 Å². The Morgan fingerprint density at radius 3 is 1.19 bits per heavy atom. The van der Waals surface area contributed by atoms with Crippen molar-refractivity contribution in [3.63, 3.8) is 0 Å². The summed E-state index contributed by atoms with van der Waals surface area (Å²) in [4.78, 5) is 22.3. The monoisotopic (exact) mass is 368 g/mol. The number of esters is 2. The summed E-state index contributed by atoms with van der Waals surface area (Å²) < 4.78 is 4.65. The maximum absolute atomic E-state index is 11.3. The molecule has 0 aliphatic heterocycles. The van der Waals surface area contributed by atoms with Gasteiger partial charge in [0.25, 0.3) is 0 Å². The van der Waals surface area contributed by atoms with Crippen molar-refractivity contribution in [1.82, 2.24) is 0 Å². The van der Waals surface area contributed by atoms with Gasteiger partial charge in [0, 0.05) is 12.8 Å². The predicted octanol–water partition coefficient (Wildman–Crippen LogP) is 7.51. The van der Waals surface area contributed by atoms with Gasteiger partial charge in [0.2, 0.25) is 0 Å². The zero-order chi connectivity index (χ0) is 19.3. The van der Waals surface area contributed by atoms with E-state index in [1.54, 1.807) is 6.92 Å². The van der Waals surface area contributed by atoms with Crippen LogP contribution in [0.3, 0.4) is 0 Å². The number of unbranched alkanes of at least 4 members (excludes halogenated alkanes) is 16.